The van der Waals surface area contributed by atoms with Crippen molar-refractivity contribution >= 4 is 22.9 Å². The zero-order valence-electron chi connectivity index (χ0n) is 14.7. The molecule has 8 heteroatoms. The minimum atomic E-state index is -0.829. The van der Waals surface area contributed by atoms with Gasteiger partial charge in [-0.15, -0.1) is 0 Å². The summed E-state index contributed by atoms with van der Waals surface area (Å²) in [5, 5.41) is 0. The molecular formula is C17H23FN6O. The summed E-state index contributed by atoms with van der Waals surface area (Å²) in [6.45, 7) is 7.79. The number of aryl methyl sites for hydroxylation is 2. The molecule has 0 amide bonds. The van der Waals surface area contributed by atoms with Crippen LogP contribution in [-0.4, -0.2) is 65.5 Å². The van der Waals surface area contributed by atoms with E-state index in [0.29, 0.717) is 49.1 Å². The number of halogens is 1. The molecule has 2 aromatic rings. The van der Waals surface area contributed by atoms with Crippen LogP contribution < -0.4 is 9.80 Å². The topological polar surface area (TPSA) is 67.3 Å². The van der Waals surface area contributed by atoms with Gasteiger partial charge in [0.1, 0.15) is 6.17 Å². The molecule has 0 N–H and O–H groups in total. The third kappa shape index (κ3) is 3.22. The van der Waals surface area contributed by atoms with Crippen molar-refractivity contribution in [1.82, 2.24) is 19.9 Å². The van der Waals surface area contributed by atoms with Gasteiger partial charge < -0.3 is 14.5 Å². The lowest BCUT2D eigenvalue weighted by molar-refractivity contribution is 0.122. The molecule has 2 aliphatic rings. The Morgan fingerprint density at radius 2 is 1.72 bits per heavy atom. The highest BCUT2D eigenvalue weighted by molar-refractivity contribution is 5.84. The van der Waals surface area contributed by atoms with Crippen LogP contribution in [0.4, 0.5) is 16.2 Å². The molecule has 0 aliphatic carbocycles. The number of anilines is 2. The maximum atomic E-state index is 14.0. The summed E-state index contributed by atoms with van der Waals surface area (Å²) in [5.74, 6) is 1.33. The predicted octanol–water partition coefficient (Wildman–Crippen LogP) is 1.81. The van der Waals surface area contributed by atoms with Gasteiger partial charge in [0.15, 0.2) is 17.0 Å². The normalized spacial score (nSPS) is 21.8. The van der Waals surface area contributed by atoms with Crippen LogP contribution >= 0.6 is 0 Å². The van der Waals surface area contributed by atoms with Gasteiger partial charge in [-0.3, -0.25) is 0 Å². The van der Waals surface area contributed by atoms with Crippen LogP contribution in [0.5, 0.6) is 0 Å². The summed E-state index contributed by atoms with van der Waals surface area (Å²) in [7, 11) is 0. The molecule has 1 atom stereocenters. The molecule has 0 radical (unpaired) electrons. The first kappa shape index (κ1) is 16.4. The monoisotopic (exact) mass is 346 g/mol. The Morgan fingerprint density at radius 1 is 0.960 bits per heavy atom. The molecule has 4 rings (SSSR count). The van der Waals surface area contributed by atoms with E-state index >= 15 is 0 Å². The Labute approximate surface area is 146 Å². The molecule has 25 heavy (non-hydrogen) atoms. The molecule has 134 valence electrons. The second-order valence-electron chi connectivity index (χ2n) is 6.70. The fraction of sp³-hybridized carbons (Fsp3) is 0.647. The largest absolute Gasteiger partial charge is 0.378 e. The molecule has 0 bridgehead atoms. The molecule has 4 heterocycles. The van der Waals surface area contributed by atoms with Crippen LogP contribution in [0, 0.1) is 13.8 Å². The summed E-state index contributed by atoms with van der Waals surface area (Å²) in [6, 6.07) is 0. The Morgan fingerprint density at radius 3 is 2.48 bits per heavy atom. The van der Waals surface area contributed by atoms with Crippen molar-refractivity contribution in [1.29, 1.82) is 0 Å². The number of alkyl halides is 1. The van der Waals surface area contributed by atoms with Crippen molar-refractivity contribution in [2.24, 2.45) is 0 Å². The van der Waals surface area contributed by atoms with Crippen molar-refractivity contribution < 1.29 is 9.13 Å². The summed E-state index contributed by atoms with van der Waals surface area (Å²) in [4.78, 5) is 22.8. The lowest BCUT2D eigenvalue weighted by Gasteiger charge is -2.32. The first-order chi connectivity index (χ1) is 12.1. The summed E-state index contributed by atoms with van der Waals surface area (Å²) < 4.78 is 19.4. The average Bonchev–Trinajstić information content (AvgIpc) is 2.63. The molecule has 0 spiro atoms. The lowest BCUT2D eigenvalue weighted by atomic mass is 10.1. The SMILES string of the molecule is Cc1nc2nc(N3CCOCC3)nc(N3CCCC(F)C3)c2nc1C. The highest BCUT2D eigenvalue weighted by Crippen LogP contribution is 2.28. The second kappa shape index (κ2) is 6.67. The first-order valence-electron chi connectivity index (χ1n) is 8.86. The molecule has 0 saturated carbocycles. The van der Waals surface area contributed by atoms with Gasteiger partial charge in [-0.1, -0.05) is 0 Å². The number of rotatable bonds is 2. The second-order valence-corrected chi connectivity index (χ2v) is 6.70. The van der Waals surface area contributed by atoms with Gasteiger partial charge in [0.2, 0.25) is 5.95 Å². The van der Waals surface area contributed by atoms with E-state index in [2.05, 4.69) is 19.9 Å². The number of nitrogens with zero attached hydrogens (tertiary/aromatic N) is 6. The number of aromatic nitrogens is 4. The predicted molar refractivity (Wildman–Crippen MR) is 94.0 cm³/mol. The molecule has 7 nitrogen and oxygen atoms in total. The van der Waals surface area contributed by atoms with Gasteiger partial charge in [-0.05, 0) is 26.7 Å². The zero-order valence-corrected chi connectivity index (χ0v) is 14.7. The number of fused-ring (bicyclic) bond motifs is 1. The molecule has 2 fully saturated rings. The lowest BCUT2D eigenvalue weighted by Crippen LogP contribution is -2.39. The first-order valence-corrected chi connectivity index (χ1v) is 8.86. The average molecular weight is 346 g/mol. The number of piperidine rings is 1. The zero-order chi connectivity index (χ0) is 17.4. The van der Waals surface area contributed by atoms with Crippen LogP contribution in [0.2, 0.25) is 0 Å². The third-order valence-corrected chi connectivity index (χ3v) is 4.87. The van der Waals surface area contributed by atoms with E-state index in [0.717, 1.165) is 37.4 Å². The molecular weight excluding hydrogens is 323 g/mol. The number of hydrogen-bond donors (Lipinski definition) is 0. The maximum Gasteiger partial charge on any atom is 0.229 e. The highest BCUT2D eigenvalue weighted by atomic mass is 19.1. The van der Waals surface area contributed by atoms with Crippen molar-refractivity contribution in [3.8, 4) is 0 Å². The molecule has 2 aliphatic heterocycles. The standard InChI is InChI=1S/C17H23FN6O/c1-11-12(2)20-15-14(19-11)16(24-5-3-4-13(18)10-24)22-17(21-15)23-6-8-25-9-7-23/h13H,3-10H2,1-2H3. The van der Waals surface area contributed by atoms with E-state index < -0.39 is 6.17 Å². The minimum Gasteiger partial charge on any atom is -0.378 e. The summed E-state index contributed by atoms with van der Waals surface area (Å²) in [5.41, 5.74) is 2.95. The molecule has 1 unspecified atom stereocenters. The fourth-order valence-electron chi connectivity index (χ4n) is 3.33. The summed E-state index contributed by atoms with van der Waals surface area (Å²) >= 11 is 0. The van der Waals surface area contributed by atoms with Crippen molar-refractivity contribution in [2.75, 3.05) is 49.2 Å². The van der Waals surface area contributed by atoms with Gasteiger partial charge in [-0.25, -0.2) is 14.4 Å². The van der Waals surface area contributed by atoms with E-state index in [1.54, 1.807) is 0 Å². The van der Waals surface area contributed by atoms with Gasteiger partial charge in [0.05, 0.1) is 31.1 Å². The van der Waals surface area contributed by atoms with Crippen molar-refractivity contribution in [3.63, 3.8) is 0 Å². The van der Waals surface area contributed by atoms with E-state index in [-0.39, 0.29) is 0 Å². The Bertz CT molecular complexity index is 779. The number of hydrogen-bond acceptors (Lipinski definition) is 7. The van der Waals surface area contributed by atoms with Crippen LogP contribution in [0.3, 0.4) is 0 Å². The molecule has 0 aromatic carbocycles. The van der Waals surface area contributed by atoms with Crippen LogP contribution in [-0.2, 0) is 4.74 Å². The Balaban J connectivity index is 1.83. The highest BCUT2D eigenvalue weighted by Gasteiger charge is 2.25. The van der Waals surface area contributed by atoms with Gasteiger partial charge in [0.25, 0.3) is 0 Å². The number of ether oxygens (including phenoxy) is 1. The Kier molecular flexibility index (Phi) is 4.37. The third-order valence-electron chi connectivity index (χ3n) is 4.87. The van der Waals surface area contributed by atoms with E-state index in [4.69, 9.17) is 9.72 Å². The Hall–Kier alpha value is -2.09. The van der Waals surface area contributed by atoms with Crippen LogP contribution in [0.1, 0.15) is 24.2 Å². The number of morpholine rings is 1. The van der Waals surface area contributed by atoms with Crippen molar-refractivity contribution in [2.45, 2.75) is 32.9 Å². The van der Waals surface area contributed by atoms with Crippen LogP contribution in [0.25, 0.3) is 11.2 Å². The summed E-state index contributed by atoms with van der Waals surface area (Å²) in [6.07, 6.45) is 0.599. The van der Waals surface area contributed by atoms with Gasteiger partial charge in [0, 0.05) is 19.6 Å². The fourth-order valence-corrected chi connectivity index (χ4v) is 3.33. The molecule has 2 aromatic heterocycles. The van der Waals surface area contributed by atoms with E-state index in [1.807, 2.05) is 18.7 Å². The van der Waals surface area contributed by atoms with Crippen molar-refractivity contribution in [3.05, 3.63) is 11.4 Å². The van der Waals surface area contributed by atoms with Crippen LogP contribution in [0.15, 0.2) is 0 Å². The quantitative estimate of drug-likeness (QED) is 0.821. The maximum absolute atomic E-state index is 14.0. The molecule has 2 saturated heterocycles. The smallest absolute Gasteiger partial charge is 0.229 e. The van der Waals surface area contributed by atoms with E-state index in [1.165, 1.54) is 0 Å². The van der Waals surface area contributed by atoms with E-state index in [9.17, 15) is 4.39 Å². The minimum absolute atomic E-state index is 0.350. The van der Waals surface area contributed by atoms with Gasteiger partial charge in [-0.2, -0.15) is 9.97 Å². The van der Waals surface area contributed by atoms with Gasteiger partial charge >= 0.3 is 0 Å².